The van der Waals surface area contributed by atoms with Crippen molar-refractivity contribution in [3.63, 3.8) is 0 Å². The molecule has 5 nitrogen and oxygen atoms in total. The summed E-state index contributed by atoms with van der Waals surface area (Å²) in [6.07, 6.45) is 2.48. The number of carbonyl (C=O) groups is 1. The number of methoxy groups -OCH3 is 1. The minimum Gasteiger partial charge on any atom is -0.497 e. The van der Waals surface area contributed by atoms with Crippen molar-refractivity contribution >= 4 is 28.2 Å². The molecule has 0 aliphatic carbocycles. The summed E-state index contributed by atoms with van der Waals surface area (Å²) in [5, 5.41) is 6.72. The van der Waals surface area contributed by atoms with Crippen molar-refractivity contribution in [2.75, 3.05) is 13.7 Å². The van der Waals surface area contributed by atoms with Crippen molar-refractivity contribution in [1.29, 1.82) is 0 Å². The zero-order chi connectivity index (χ0) is 15.5. The molecule has 0 aliphatic heterocycles. The van der Waals surface area contributed by atoms with Gasteiger partial charge in [0.2, 0.25) is 0 Å². The van der Waals surface area contributed by atoms with Crippen LogP contribution in [0, 0.1) is 6.92 Å². The van der Waals surface area contributed by atoms with E-state index in [9.17, 15) is 4.79 Å². The van der Waals surface area contributed by atoms with Gasteiger partial charge in [0.05, 0.1) is 12.1 Å². The first kappa shape index (κ1) is 14.6. The number of fused-ring (bicyclic) bond motifs is 1. The van der Waals surface area contributed by atoms with Gasteiger partial charge in [0, 0.05) is 41.6 Å². The van der Waals surface area contributed by atoms with Gasteiger partial charge in [-0.25, -0.2) is 4.98 Å². The highest BCUT2D eigenvalue weighted by Crippen LogP contribution is 2.28. The Balaban J connectivity index is 1.74. The van der Waals surface area contributed by atoms with E-state index in [1.807, 2.05) is 24.4 Å². The maximum atomic E-state index is 12.3. The summed E-state index contributed by atoms with van der Waals surface area (Å²) in [6, 6.07) is 5.54. The molecule has 0 radical (unpaired) electrons. The maximum Gasteiger partial charge on any atom is 0.287 e. The first-order chi connectivity index (χ1) is 10.7. The molecule has 1 aromatic carbocycles. The Bertz CT molecular complexity index is 793. The van der Waals surface area contributed by atoms with Gasteiger partial charge in [0.25, 0.3) is 5.91 Å². The van der Waals surface area contributed by atoms with Crippen LogP contribution in [0.4, 0.5) is 0 Å². The van der Waals surface area contributed by atoms with Gasteiger partial charge in [-0.1, -0.05) is 0 Å². The molecule has 2 heterocycles. The first-order valence-corrected chi connectivity index (χ1v) is 7.80. The number of nitrogens with zero attached hydrogens (tertiary/aromatic N) is 1. The van der Waals surface area contributed by atoms with Gasteiger partial charge in [0.15, 0.2) is 5.76 Å². The molecule has 2 aromatic heterocycles. The number of amides is 1. The smallest absolute Gasteiger partial charge is 0.287 e. The number of aromatic nitrogens is 1. The monoisotopic (exact) mass is 316 g/mol. The minimum atomic E-state index is -0.204. The van der Waals surface area contributed by atoms with E-state index >= 15 is 0 Å². The van der Waals surface area contributed by atoms with Gasteiger partial charge in [0.1, 0.15) is 11.3 Å². The lowest BCUT2D eigenvalue weighted by molar-refractivity contribution is 0.0927. The molecule has 3 aromatic rings. The van der Waals surface area contributed by atoms with E-state index in [-0.39, 0.29) is 5.91 Å². The maximum absolute atomic E-state index is 12.3. The van der Waals surface area contributed by atoms with Crippen molar-refractivity contribution in [3.8, 4) is 5.75 Å². The summed E-state index contributed by atoms with van der Waals surface area (Å²) in [5.41, 5.74) is 1.49. The summed E-state index contributed by atoms with van der Waals surface area (Å²) < 4.78 is 10.9. The number of aryl methyl sites for hydroxylation is 1. The molecule has 0 spiro atoms. The van der Waals surface area contributed by atoms with Crippen LogP contribution in [0.15, 0.2) is 34.2 Å². The number of ether oxygens (including phenoxy) is 1. The van der Waals surface area contributed by atoms with Crippen LogP contribution in [-0.4, -0.2) is 24.5 Å². The fraction of sp³-hybridized carbons (Fsp3) is 0.250. The largest absolute Gasteiger partial charge is 0.497 e. The quantitative estimate of drug-likeness (QED) is 0.785. The van der Waals surface area contributed by atoms with Crippen LogP contribution in [0.2, 0.25) is 0 Å². The third-order valence-electron chi connectivity index (χ3n) is 3.46. The summed E-state index contributed by atoms with van der Waals surface area (Å²) >= 11 is 1.58. The van der Waals surface area contributed by atoms with Crippen LogP contribution < -0.4 is 10.1 Å². The van der Waals surface area contributed by atoms with E-state index < -0.39 is 0 Å². The van der Waals surface area contributed by atoms with Gasteiger partial charge in [-0.3, -0.25) is 4.79 Å². The molecular formula is C16H16N2O3S. The summed E-state index contributed by atoms with van der Waals surface area (Å²) in [4.78, 5) is 16.5. The lowest BCUT2D eigenvalue weighted by Gasteiger charge is -2.02. The SMILES string of the molecule is COc1ccc2c(C)c(C(=O)NCCc3nccs3)oc2c1. The van der Waals surface area contributed by atoms with E-state index in [2.05, 4.69) is 10.3 Å². The van der Waals surface area contributed by atoms with E-state index in [0.717, 1.165) is 22.4 Å². The highest BCUT2D eigenvalue weighted by Gasteiger charge is 2.17. The topological polar surface area (TPSA) is 64.4 Å². The number of furan rings is 1. The average molecular weight is 316 g/mol. The molecule has 3 rings (SSSR count). The highest BCUT2D eigenvalue weighted by atomic mass is 32.1. The minimum absolute atomic E-state index is 0.204. The summed E-state index contributed by atoms with van der Waals surface area (Å²) in [5.74, 6) is 0.851. The summed E-state index contributed by atoms with van der Waals surface area (Å²) in [7, 11) is 1.60. The Kier molecular flexibility index (Phi) is 4.11. The molecule has 0 atom stereocenters. The average Bonchev–Trinajstić information content (AvgIpc) is 3.15. The Morgan fingerprint density at radius 1 is 1.45 bits per heavy atom. The van der Waals surface area contributed by atoms with Gasteiger partial charge in [-0.15, -0.1) is 11.3 Å². The second-order valence-electron chi connectivity index (χ2n) is 4.85. The van der Waals surface area contributed by atoms with E-state index in [1.165, 1.54) is 0 Å². The third-order valence-corrected chi connectivity index (χ3v) is 4.30. The molecule has 1 N–H and O–H groups in total. The second-order valence-corrected chi connectivity index (χ2v) is 5.83. The lowest BCUT2D eigenvalue weighted by Crippen LogP contribution is -2.25. The van der Waals surface area contributed by atoms with Gasteiger partial charge in [-0.05, 0) is 19.1 Å². The van der Waals surface area contributed by atoms with Crippen LogP contribution in [0.5, 0.6) is 5.75 Å². The van der Waals surface area contributed by atoms with Gasteiger partial charge in [-0.2, -0.15) is 0 Å². The Labute approximate surface area is 131 Å². The molecule has 0 unspecified atom stereocenters. The fourth-order valence-electron chi connectivity index (χ4n) is 2.29. The number of carbonyl (C=O) groups excluding carboxylic acids is 1. The zero-order valence-electron chi connectivity index (χ0n) is 12.4. The molecule has 0 saturated carbocycles. The molecule has 0 saturated heterocycles. The van der Waals surface area contributed by atoms with Crippen LogP contribution in [0.1, 0.15) is 21.1 Å². The van der Waals surface area contributed by atoms with Gasteiger partial charge >= 0.3 is 0 Å². The van der Waals surface area contributed by atoms with Crippen molar-refractivity contribution in [2.45, 2.75) is 13.3 Å². The number of hydrogen-bond acceptors (Lipinski definition) is 5. The van der Waals surface area contributed by atoms with Crippen molar-refractivity contribution < 1.29 is 13.9 Å². The van der Waals surface area contributed by atoms with Crippen molar-refractivity contribution in [3.05, 3.63) is 46.1 Å². The van der Waals surface area contributed by atoms with Crippen LogP contribution >= 0.6 is 11.3 Å². The molecule has 6 heteroatoms. The molecule has 114 valence electrons. The third kappa shape index (κ3) is 2.82. The predicted molar refractivity (Wildman–Crippen MR) is 85.7 cm³/mol. The lowest BCUT2D eigenvalue weighted by atomic mass is 10.1. The number of rotatable bonds is 5. The number of nitrogens with one attached hydrogen (secondary N) is 1. The fourth-order valence-corrected chi connectivity index (χ4v) is 2.91. The molecule has 0 aliphatic rings. The van der Waals surface area contributed by atoms with Crippen molar-refractivity contribution in [2.24, 2.45) is 0 Å². The molecule has 22 heavy (non-hydrogen) atoms. The zero-order valence-corrected chi connectivity index (χ0v) is 13.2. The normalized spacial score (nSPS) is 10.8. The molecular weight excluding hydrogens is 300 g/mol. The number of hydrogen-bond donors (Lipinski definition) is 1. The van der Waals surface area contributed by atoms with E-state index in [1.54, 1.807) is 30.7 Å². The first-order valence-electron chi connectivity index (χ1n) is 6.92. The molecule has 0 fully saturated rings. The Morgan fingerprint density at radius 2 is 2.32 bits per heavy atom. The van der Waals surface area contributed by atoms with Crippen LogP contribution in [0.3, 0.4) is 0 Å². The highest BCUT2D eigenvalue weighted by molar-refractivity contribution is 7.09. The molecule has 1 amide bonds. The number of benzene rings is 1. The Hall–Kier alpha value is -2.34. The molecule has 0 bridgehead atoms. The second kappa shape index (κ2) is 6.19. The Morgan fingerprint density at radius 3 is 3.05 bits per heavy atom. The van der Waals surface area contributed by atoms with E-state index in [0.29, 0.717) is 23.6 Å². The predicted octanol–water partition coefficient (Wildman–Crippen LogP) is 3.18. The van der Waals surface area contributed by atoms with Gasteiger partial charge < -0.3 is 14.5 Å². The number of thiazole rings is 1. The van der Waals surface area contributed by atoms with Crippen LogP contribution in [-0.2, 0) is 6.42 Å². The standard InChI is InChI=1S/C16H16N2O3S/c1-10-12-4-3-11(20-2)9-13(12)21-15(10)16(19)18-6-5-14-17-7-8-22-14/h3-4,7-9H,5-6H2,1-2H3,(H,18,19). The van der Waals surface area contributed by atoms with Crippen LogP contribution in [0.25, 0.3) is 11.0 Å². The summed E-state index contributed by atoms with van der Waals surface area (Å²) in [6.45, 7) is 2.42. The van der Waals surface area contributed by atoms with Crippen molar-refractivity contribution in [1.82, 2.24) is 10.3 Å². The van der Waals surface area contributed by atoms with E-state index in [4.69, 9.17) is 9.15 Å².